The average Bonchev–Trinajstić information content (AvgIpc) is 3.27. The van der Waals surface area contributed by atoms with Crippen molar-refractivity contribution in [1.82, 2.24) is 10.2 Å². The van der Waals surface area contributed by atoms with Gasteiger partial charge in [-0.3, -0.25) is 9.59 Å². The van der Waals surface area contributed by atoms with Gasteiger partial charge in [0, 0.05) is 23.6 Å². The largest absolute Gasteiger partial charge is 0.497 e. The summed E-state index contributed by atoms with van der Waals surface area (Å²) >= 11 is 1.54. The zero-order valence-corrected chi connectivity index (χ0v) is 19.2. The van der Waals surface area contributed by atoms with Crippen LogP contribution in [0.25, 0.3) is 0 Å². The van der Waals surface area contributed by atoms with Gasteiger partial charge in [-0.2, -0.15) is 0 Å². The monoisotopic (exact) mass is 448 g/mol. The van der Waals surface area contributed by atoms with Crippen molar-refractivity contribution in [2.45, 2.75) is 26.4 Å². The molecule has 0 spiro atoms. The number of likely N-dealkylation sites (N-methyl/N-ethyl adjacent to an activating group) is 1. The Morgan fingerprint density at radius 1 is 1.10 bits per heavy atom. The maximum Gasteiger partial charge on any atom is 0.329 e. The molecule has 0 saturated carbocycles. The van der Waals surface area contributed by atoms with E-state index in [-0.39, 0.29) is 17.4 Å². The molecule has 2 amide bonds. The smallest absolute Gasteiger partial charge is 0.329 e. The normalized spacial score (nSPS) is 11.5. The highest BCUT2D eigenvalue weighted by molar-refractivity contribution is 7.09. The van der Waals surface area contributed by atoms with E-state index in [0.717, 1.165) is 4.88 Å². The summed E-state index contributed by atoms with van der Waals surface area (Å²) in [6.07, 6.45) is 0. The molecule has 31 heavy (non-hydrogen) atoms. The molecule has 0 saturated heterocycles. The van der Waals surface area contributed by atoms with Crippen LogP contribution < -0.4 is 14.8 Å². The summed E-state index contributed by atoms with van der Waals surface area (Å²) in [6.45, 7) is 3.61. The number of methoxy groups -OCH3 is 2. The summed E-state index contributed by atoms with van der Waals surface area (Å²) in [4.78, 5) is 40.1. The molecule has 8 nitrogen and oxygen atoms in total. The van der Waals surface area contributed by atoms with Crippen LogP contribution in [0.15, 0.2) is 35.7 Å². The molecule has 0 fully saturated rings. The fourth-order valence-electron chi connectivity index (χ4n) is 2.72. The number of hydrogen-bond acceptors (Lipinski definition) is 7. The number of nitrogens with zero attached hydrogens (tertiary/aromatic N) is 1. The Labute approximate surface area is 186 Å². The average molecular weight is 449 g/mol. The number of hydrogen-bond donors (Lipinski definition) is 1. The lowest BCUT2D eigenvalue weighted by Crippen LogP contribution is -2.46. The number of thiophene rings is 1. The number of amides is 2. The van der Waals surface area contributed by atoms with Crippen LogP contribution in [-0.2, 0) is 20.9 Å². The standard InChI is InChI=1S/C22H28N2O6S/c1-14(2)20(23-21(26)15-9-16(28-4)11-17(10-15)29-5)22(27)30-13-19(25)24(3)12-18-7-6-8-31-18/h6-11,14,20H,12-13H2,1-5H3,(H,23,26)/t20-/m0/s1. The van der Waals surface area contributed by atoms with Crippen LogP contribution in [0.4, 0.5) is 0 Å². The third kappa shape index (κ3) is 6.99. The van der Waals surface area contributed by atoms with Gasteiger partial charge in [-0.15, -0.1) is 11.3 Å². The molecular formula is C22H28N2O6S. The van der Waals surface area contributed by atoms with Crippen molar-refractivity contribution in [2.75, 3.05) is 27.9 Å². The predicted octanol–water partition coefficient (Wildman–Crippen LogP) is 2.72. The summed E-state index contributed by atoms with van der Waals surface area (Å²) in [5.74, 6) is -0.818. The lowest BCUT2D eigenvalue weighted by atomic mass is 10.0. The van der Waals surface area contributed by atoms with E-state index in [1.165, 1.54) is 19.1 Å². The Hall–Kier alpha value is -3.07. The Kier molecular flexibility index (Phi) is 8.87. The Balaban J connectivity index is 1.99. The molecule has 168 valence electrons. The van der Waals surface area contributed by atoms with Crippen molar-refractivity contribution < 1.29 is 28.6 Å². The number of nitrogens with one attached hydrogen (secondary N) is 1. The van der Waals surface area contributed by atoms with Gasteiger partial charge < -0.3 is 24.4 Å². The van der Waals surface area contributed by atoms with Gasteiger partial charge in [0.25, 0.3) is 11.8 Å². The molecule has 0 aliphatic rings. The van der Waals surface area contributed by atoms with Gasteiger partial charge in [0.2, 0.25) is 0 Å². The summed E-state index contributed by atoms with van der Waals surface area (Å²) in [6, 6.07) is 7.65. The van der Waals surface area contributed by atoms with Gasteiger partial charge in [0.05, 0.1) is 20.8 Å². The first-order valence-corrected chi connectivity index (χ1v) is 10.6. The van der Waals surface area contributed by atoms with E-state index in [1.807, 2.05) is 17.5 Å². The second-order valence-electron chi connectivity index (χ2n) is 7.23. The van der Waals surface area contributed by atoms with Crippen LogP contribution in [0.2, 0.25) is 0 Å². The molecule has 1 N–H and O–H groups in total. The van der Waals surface area contributed by atoms with Gasteiger partial charge in [-0.25, -0.2) is 4.79 Å². The van der Waals surface area contributed by atoms with E-state index in [9.17, 15) is 14.4 Å². The third-order valence-electron chi connectivity index (χ3n) is 4.56. The molecule has 1 aromatic heterocycles. The molecule has 1 heterocycles. The van der Waals surface area contributed by atoms with Crippen molar-refractivity contribution in [3.05, 3.63) is 46.2 Å². The minimum Gasteiger partial charge on any atom is -0.497 e. The van der Waals surface area contributed by atoms with Crippen molar-refractivity contribution >= 4 is 29.1 Å². The highest BCUT2D eigenvalue weighted by Gasteiger charge is 2.27. The molecule has 0 unspecified atom stereocenters. The summed E-state index contributed by atoms with van der Waals surface area (Å²) in [5, 5.41) is 4.61. The minimum atomic E-state index is -0.917. The number of carbonyl (C=O) groups excluding carboxylic acids is 3. The van der Waals surface area contributed by atoms with Crippen LogP contribution in [0.3, 0.4) is 0 Å². The van der Waals surface area contributed by atoms with Crippen molar-refractivity contribution in [1.29, 1.82) is 0 Å². The lowest BCUT2D eigenvalue weighted by Gasteiger charge is -2.22. The molecule has 0 radical (unpaired) electrons. The molecule has 2 rings (SSSR count). The zero-order valence-electron chi connectivity index (χ0n) is 18.3. The second-order valence-corrected chi connectivity index (χ2v) is 8.27. The molecule has 0 aliphatic heterocycles. The molecule has 1 aromatic carbocycles. The van der Waals surface area contributed by atoms with Crippen LogP contribution in [0.5, 0.6) is 11.5 Å². The van der Waals surface area contributed by atoms with E-state index in [2.05, 4.69) is 5.32 Å². The molecular weight excluding hydrogens is 420 g/mol. The number of benzene rings is 1. The first-order valence-electron chi connectivity index (χ1n) is 9.72. The fraction of sp³-hybridized carbons (Fsp3) is 0.409. The summed E-state index contributed by atoms with van der Waals surface area (Å²) in [5.41, 5.74) is 0.279. The quantitative estimate of drug-likeness (QED) is 0.562. The van der Waals surface area contributed by atoms with E-state index >= 15 is 0 Å². The van der Waals surface area contributed by atoms with E-state index < -0.39 is 24.5 Å². The highest BCUT2D eigenvalue weighted by atomic mass is 32.1. The van der Waals surface area contributed by atoms with Crippen molar-refractivity contribution in [3.63, 3.8) is 0 Å². The summed E-state index contributed by atoms with van der Waals surface area (Å²) < 4.78 is 15.6. The SMILES string of the molecule is COc1cc(OC)cc(C(=O)N[C@H](C(=O)OCC(=O)N(C)Cc2cccs2)C(C)C)c1. The first kappa shape index (κ1) is 24.2. The predicted molar refractivity (Wildman–Crippen MR) is 117 cm³/mol. The highest BCUT2D eigenvalue weighted by Crippen LogP contribution is 2.22. The Bertz CT molecular complexity index is 875. The number of ether oxygens (including phenoxy) is 3. The second kappa shape index (κ2) is 11.4. The molecule has 2 aromatic rings. The molecule has 1 atom stereocenters. The Morgan fingerprint density at radius 3 is 2.26 bits per heavy atom. The first-order chi connectivity index (χ1) is 14.7. The topological polar surface area (TPSA) is 94.2 Å². The third-order valence-corrected chi connectivity index (χ3v) is 5.42. The van der Waals surface area contributed by atoms with Gasteiger partial charge in [0.1, 0.15) is 17.5 Å². The van der Waals surface area contributed by atoms with Crippen LogP contribution in [0.1, 0.15) is 29.1 Å². The van der Waals surface area contributed by atoms with Crippen molar-refractivity contribution in [3.8, 4) is 11.5 Å². The van der Waals surface area contributed by atoms with Crippen LogP contribution in [-0.4, -0.2) is 56.6 Å². The lowest BCUT2D eigenvalue weighted by molar-refractivity contribution is -0.154. The molecule has 0 aliphatic carbocycles. The Morgan fingerprint density at radius 2 is 1.74 bits per heavy atom. The minimum absolute atomic E-state index is 0.247. The van der Waals surface area contributed by atoms with Gasteiger partial charge in [-0.05, 0) is 29.5 Å². The van der Waals surface area contributed by atoms with E-state index in [4.69, 9.17) is 14.2 Å². The van der Waals surface area contributed by atoms with Crippen LogP contribution >= 0.6 is 11.3 Å². The summed E-state index contributed by atoms with van der Waals surface area (Å²) in [7, 11) is 4.61. The molecule has 9 heteroatoms. The van der Waals surface area contributed by atoms with E-state index in [0.29, 0.717) is 18.0 Å². The van der Waals surface area contributed by atoms with Gasteiger partial charge >= 0.3 is 5.97 Å². The van der Waals surface area contributed by atoms with Gasteiger partial charge in [0.15, 0.2) is 6.61 Å². The molecule has 0 bridgehead atoms. The number of rotatable bonds is 10. The number of esters is 1. The fourth-order valence-corrected chi connectivity index (χ4v) is 3.48. The van der Waals surface area contributed by atoms with Gasteiger partial charge in [-0.1, -0.05) is 19.9 Å². The zero-order chi connectivity index (χ0) is 23.0. The number of carbonyl (C=O) groups is 3. The van der Waals surface area contributed by atoms with Crippen molar-refractivity contribution in [2.24, 2.45) is 5.92 Å². The maximum absolute atomic E-state index is 12.7. The van der Waals surface area contributed by atoms with Crippen LogP contribution in [0, 0.1) is 5.92 Å². The maximum atomic E-state index is 12.7. The van der Waals surface area contributed by atoms with E-state index in [1.54, 1.807) is 50.4 Å².